The summed E-state index contributed by atoms with van der Waals surface area (Å²) >= 11 is 0. The van der Waals surface area contributed by atoms with Gasteiger partial charge >= 0.3 is 0 Å². The van der Waals surface area contributed by atoms with Crippen LogP contribution in [-0.2, 0) is 14.2 Å². The van der Waals surface area contributed by atoms with Crippen molar-refractivity contribution in [2.75, 3.05) is 39.6 Å². The fourth-order valence-electron chi connectivity index (χ4n) is 0.644. The van der Waals surface area contributed by atoms with Crippen LogP contribution in [0.1, 0.15) is 41.5 Å². The van der Waals surface area contributed by atoms with Gasteiger partial charge in [-0.15, -0.1) is 0 Å². The van der Waals surface area contributed by atoms with Crippen LogP contribution in [0.3, 0.4) is 0 Å². The molecule has 3 nitrogen and oxygen atoms in total. The fraction of sp³-hybridized carbons (Fsp3) is 1.00. The molecule has 0 saturated carbocycles. The summed E-state index contributed by atoms with van der Waals surface area (Å²) in [7, 11) is 0. The highest BCUT2D eigenvalue weighted by atomic mass is 16.6. The summed E-state index contributed by atoms with van der Waals surface area (Å²) in [5, 5.41) is 0. The van der Waals surface area contributed by atoms with Gasteiger partial charge in [0.05, 0.1) is 26.4 Å². The maximum absolute atomic E-state index is 4.94. The van der Waals surface area contributed by atoms with Crippen molar-refractivity contribution in [3.8, 4) is 0 Å². The first-order chi connectivity index (χ1) is 8.06. The Bertz CT molecular complexity index is 101. The van der Waals surface area contributed by atoms with Gasteiger partial charge in [0.15, 0.2) is 0 Å². The molecule has 0 atom stereocenters. The summed E-state index contributed by atoms with van der Waals surface area (Å²) in [6.45, 7) is 17.7. The molecule has 3 heteroatoms. The molecule has 17 heavy (non-hydrogen) atoms. The summed E-state index contributed by atoms with van der Waals surface area (Å²) < 4.78 is 14.7. The van der Waals surface area contributed by atoms with Crippen LogP contribution in [0.2, 0.25) is 0 Å². The van der Waals surface area contributed by atoms with E-state index in [0.29, 0.717) is 0 Å². The van der Waals surface area contributed by atoms with E-state index < -0.39 is 0 Å². The molecule has 0 unspecified atom stereocenters. The Balaban J connectivity index is 0. The monoisotopic (exact) mass is 248 g/mol. The number of hydrogen-bond acceptors (Lipinski definition) is 3. The van der Waals surface area contributed by atoms with E-state index in [1.54, 1.807) is 0 Å². The maximum Gasteiger partial charge on any atom is 0.0701 e. The van der Waals surface area contributed by atoms with Crippen LogP contribution >= 0.6 is 0 Å². The van der Waals surface area contributed by atoms with Crippen molar-refractivity contribution in [1.29, 1.82) is 0 Å². The summed E-state index contributed by atoms with van der Waals surface area (Å²) in [5.41, 5.74) is 0. The number of hydrogen-bond donors (Lipinski definition) is 0. The second kappa shape index (κ2) is 15.9. The van der Waals surface area contributed by atoms with Crippen LogP contribution < -0.4 is 0 Å². The van der Waals surface area contributed by atoms with Crippen LogP contribution in [0, 0.1) is 11.8 Å². The van der Waals surface area contributed by atoms with E-state index in [2.05, 4.69) is 27.7 Å². The molecule has 0 amide bonds. The minimum atomic E-state index is 0.778. The zero-order valence-electron chi connectivity index (χ0n) is 12.6. The molecule has 0 aromatic heterocycles. The number of ether oxygens (including phenoxy) is 3. The second-order valence-electron chi connectivity index (χ2n) is 4.49. The minimum absolute atomic E-state index is 0.778. The largest absolute Gasteiger partial charge is 0.382 e. The van der Waals surface area contributed by atoms with Crippen molar-refractivity contribution in [1.82, 2.24) is 0 Å². The Morgan fingerprint density at radius 1 is 0.765 bits per heavy atom. The quantitative estimate of drug-likeness (QED) is 0.766. The zero-order chi connectivity index (χ0) is 13.5. The van der Waals surface area contributed by atoms with E-state index in [1.165, 1.54) is 0 Å². The van der Waals surface area contributed by atoms with Gasteiger partial charge in [0.2, 0.25) is 0 Å². The lowest BCUT2D eigenvalue weighted by Gasteiger charge is -2.09. The van der Waals surface area contributed by atoms with Crippen molar-refractivity contribution in [3.63, 3.8) is 0 Å². The molecular formula is C14H32O3. The smallest absolute Gasteiger partial charge is 0.0701 e. The molecule has 0 aromatic carbocycles. The van der Waals surface area contributed by atoms with Gasteiger partial charge in [-0.3, -0.25) is 0 Å². The van der Waals surface area contributed by atoms with E-state index in [4.69, 9.17) is 14.2 Å². The molecule has 0 N–H and O–H groups in total. The van der Waals surface area contributed by atoms with Crippen LogP contribution in [0.4, 0.5) is 0 Å². The molecule has 1 aliphatic rings. The Hall–Kier alpha value is -0.120. The molecule has 1 saturated heterocycles. The van der Waals surface area contributed by atoms with Crippen LogP contribution in [0.25, 0.3) is 0 Å². The third-order valence-corrected chi connectivity index (χ3v) is 2.49. The third kappa shape index (κ3) is 21.7. The molecule has 1 aliphatic heterocycles. The minimum Gasteiger partial charge on any atom is -0.382 e. The van der Waals surface area contributed by atoms with Gasteiger partial charge in [-0.2, -0.15) is 0 Å². The first-order valence-electron chi connectivity index (χ1n) is 6.79. The van der Waals surface area contributed by atoms with E-state index in [0.717, 1.165) is 51.5 Å². The van der Waals surface area contributed by atoms with Gasteiger partial charge in [-0.1, -0.05) is 27.7 Å². The predicted octanol–water partition coefficient (Wildman–Crippen LogP) is 3.37. The lowest BCUT2D eigenvalue weighted by atomic mass is 10.0. The van der Waals surface area contributed by atoms with Crippen LogP contribution in [0.15, 0.2) is 0 Å². The molecule has 106 valence electrons. The van der Waals surface area contributed by atoms with E-state index >= 15 is 0 Å². The maximum atomic E-state index is 4.94. The first-order valence-corrected chi connectivity index (χ1v) is 6.79. The lowest BCUT2D eigenvalue weighted by Crippen LogP contribution is -2.16. The average Bonchev–Trinajstić information content (AvgIpc) is 2.34. The predicted molar refractivity (Wildman–Crippen MR) is 73.5 cm³/mol. The molecule has 0 bridgehead atoms. The highest BCUT2D eigenvalue weighted by Gasteiger charge is 1.95. The molecule has 0 aromatic rings. The standard InChI is InChI=1S/C6H14.C4H8O2.C4H10O/c1-5(2)6(3)4;1-2-6-4-3-5-1;1-3-5-4-2/h5-6H,1-4H3;1-4H2;3-4H2,1-2H3. The van der Waals surface area contributed by atoms with Crippen molar-refractivity contribution in [2.24, 2.45) is 11.8 Å². The summed E-state index contributed by atoms with van der Waals surface area (Å²) in [6.07, 6.45) is 0. The van der Waals surface area contributed by atoms with Gasteiger partial charge in [0.25, 0.3) is 0 Å². The van der Waals surface area contributed by atoms with E-state index in [-0.39, 0.29) is 0 Å². The Kier molecular flexibility index (Phi) is 18.0. The van der Waals surface area contributed by atoms with E-state index in [1.807, 2.05) is 13.8 Å². The zero-order valence-corrected chi connectivity index (χ0v) is 12.6. The molecule has 1 heterocycles. The fourth-order valence-corrected chi connectivity index (χ4v) is 0.644. The highest BCUT2D eigenvalue weighted by Crippen LogP contribution is 2.05. The average molecular weight is 248 g/mol. The first kappa shape index (κ1) is 19.2. The lowest BCUT2D eigenvalue weighted by molar-refractivity contribution is -0.0334. The highest BCUT2D eigenvalue weighted by molar-refractivity contribution is 4.46. The summed E-state index contributed by atoms with van der Waals surface area (Å²) in [4.78, 5) is 0. The van der Waals surface area contributed by atoms with Crippen molar-refractivity contribution < 1.29 is 14.2 Å². The van der Waals surface area contributed by atoms with Crippen molar-refractivity contribution in [2.45, 2.75) is 41.5 Å². The van der Waals surface area contributed by atoms with Gasteiger partial charge in [0, 0.05) is 13.2 Å². The van der Waals surface area contributed by atoms with Gasteiger partial charge in [-0.05, 0) is 25.7 Å². The van der Waals surface area contributed by atoms with Gasteiger partial charge in [0.1, 0.15) is 0 Å². The van der Waals surface area contributed by atoms with Crippen LogP contribution in [-0.4, -0.2) is 39.6 Å². The molecule has 0 spiro atoms. The molecular weight excluding hydrogens is 216 g/mol. The molecule has 0 aliphatic carbocycles. The molecule has 1 fully saturated rings. The van der Waals surface area contributed by atoms with Gasteiger partial charge < -0.3 is 14.2 Å². The topological polar surface area (TPSA) is 27.7 Å². The summed E-state index contributed by atoms with van der Waals surface area (Å²) in [6, 6.07) is 0. The Labute approximate surface area is 108 Å². The third-order valence-electron chi connectivity index (χ3n) is 2.49. The van der Waals surface area contributed by atoms with Gasteiger partial charge in [-0.25, -0.2) is 0 Å². The van der Waals surface area contributed by atoms with Crippen LogP contribution in [0.5, 0.6) is 0 Å². The van der Waals surface area contributed by atoms with Crippen molar-refractivity contribution >= 4 is 0 Å². The van der Waals surface area contributed by atoms with E-state index in [9.17, 15) is 0 Å². The second-order valence-corrected chi connectivity index (χ2v) is 4.49. The Morgan fingerprint density at radius 2 is 1.06 bits per heavy atom. The Morgan fingerprint density at radius 3 is 1.12 bits per heavy atom. The normalized spacial score (nSPS) is 14.8. The van der Waals surface area contributed by atoms with Crippen molar-refractivity contribution in [3.05, 3.63) is 0 Å². The molecule has 0 radical (unpaired) electrons. The SMILES string of the molecule is C1COCCO1.CC(C)C(C)C.CCOCC. The number of rotatable bonds is 3. The summed E-state index contributed by atoms with van der Waals surface area (Å²) in [5.74, 6) is 1.70. The molecule has 1 rings (SSSR count).